The molecule has 1 aliphatic rings. The van der Waals surface area contributed by atoms with Crippen LogP contribution in [0.1, 0.15) is 20.3 Å². The van der Waals surface area contributed by atoms with Gasteiger partial charge >= 0.3 is 0 Å². The van der Waals surface area contributed by atoms with Crippen LogP contribution < -0.4 is 0 Å². The number of hydrogen-bond donors (Lipinski definition) is 0. The largest absolute Gasteiger partial charge is 0.381 e. The Bertz CT molecular complexity index is 525. The fraction of sp³-hybridized carbons (Fsp3) is 0.769. The van der Waals surface area contributed by atoms with E-state index in [1.807, 2.05) is 0 Å². The van der Waals surface area contributed by atoms with E-state index in [2.05, 4.69) is 18.8 Å². The second-order valence-electron chi connectivity index (χ2n) is 5.95. The van der Waals surface area contributed by atoms with Crippen LogP contribution in [0.15, 0.2) is 18.7 Å². The van der Waals surface area contributed by atoms with Crippen LogP contribution in [0.4, 0.5) is 0 Å². The Balaban J connectivity index is 2.00. The maximum atomic E-state index is 12.4. The lowest BCUT2D eigenvalue weighted by molar-refractivity contribution is -0.0326. The van der Waals surface area contributed by atoms with Crippen molar-refractivity contribution in [1.29, 1.82) is 0 Å². The van der Waals surface area contributed by atoms with Crippen molar-refractivity contribution < 1.29 is 13.2 Å². The second-order valence-corrected chi connectivity index (χ2v) is 8.04. The maximum absolute atomic E-state index is 12.4. The SMILES string of the molecule is COC1CCN(S(=O)(=O)CCn2ccnc2)CC1(C)C. The molecule has 1 aromatic heterocycles. The van der Waals surface area contributed by atoms with Crippen LogP contribution in [-0.2, 0) is 21.3 Å². The van der Waals surface area contributed by atoms with Gasteiger partial charge in [0.2, 0.25) is 10.0 Å². The first-order valence-electron chi connectivity index (χ1n) is 6.81. The van der Waals surface area contributed by atoms with Gasteiger partial charge in [-0.1, -0.05) is 13.8 Å². The van der Waals surface area contributed by atoms with Crippen LogP contribution >= 0.6 is 0 Å². The molecule has 20 heavy (non-hydrogen) atoms. The van der Waals surface area contributed by atoms with E-state index in [4.69, 9.17) is 4.74 Å². The summed E-state index contributed by atoms with van der Waals surface area (Å²) >= 11 is 0. The van der Waals surface area contributed by atoms with Crippen molar-refractivity contribution in [2.45, 2.75) is 32.9 Å². The first-order valence-corrected chi connectivity index (χ1v) is 8.42. The highest BCUT2D eigenvalue weighted by Gasteiger charge is 2.39. The van der Waals surface area contributed by atoms with Gasteiger partial charge in [0.1, 0.15) is 0 Å². The zero-order chi connectivity index (χ0) is 14.8. The fourth-order valence-electron chi connectivity index (χ4n) is 2.73. The summed E-state index contributed by atoms with van der Waals surface area (Å²) in [5.74, 6) is 0.108. The van der Waals surface area contributed by atoms with Crippen molar-refractivity contribution in [3.05, 3.63) is 18.7 Å². The standard InChI is InChI=1S/C13H23N3O3S/c1-13(2)10-16(6-4-12(13)19-3)20(17,18)9-8-15-7-5-14-11-15/h5,7,11-12H,4,6,8-10H2,1-3H3. The smallest absolute Gasteiger partial charge is 0.215 e. The highest BCUT2D eigenvalue weighted by Crippen LogP contribution is 2.32. The third-order valence-corrected chi connectivity index (χ3v) is 5.74. The molecule has 2 heterocycles. The quantitative estimate of drug-likeness (QED) is 0.812. The molecule has 0 aromatic carbocycles. The average molecular weight is 301 g/mol. The Kier molecular flexibility index (Phi) is 4.51. The van der Waals surface area contributed by atoms with Gasteiger partial charge in [-0.3, -0.25) is 0 Å². The first-order chi connectivity index (χ1) is 9.35. The number of rotatable bonds is 5. The molecular weight excluding hydrogens is 278 g/mol. The van der Waals surface area contributed by atoms with Crippen LogP contribution in [0.25, 0.3) is 0 Å². The Labute approximate surface area is 120 Å². The van der Waals surface area contributed by atoms with Gasteiger partial charge in [-0.25, -0.2) is 17.7 Å². The summed E-state index contributed by atoms with van der Waals surface area (Å²) in [6, 6.07) is 0. The van der Waals surface area contributed by atoms with Gasteiger partial charge in [0.05, 0.1) is 18.2 Å². The van der Waals surface area contributed by atoms with Crippen LogP contribution in [0.2, 0.25) is 0 Å². The van der Waals surface area contributed by atoms with E-state index in [1.54, 1.807) is 34.7 Å². The summed E-state index contributed by atoms with van der Waals surface area (Å²) in [6.45, 7) is 5.59. The summed E-state index contributed by atoms with van der Waals surface area (Å²) in [5.41, 5.74) is -0.158. The zero-order valence-electron chi connectivity index (χ0n) is 12.3. The normalized spacial score (nSPS) is 23.9. The summed E-state index contributed by atoms with van der Waals surface area (Å²) in [4.78, 5) is 3.92. The molecule has 0 radical (unpaired) electrons. The van der Waals surface area contributed by atoms with Crippen molar-refractivity contribution >= 4 is 10.0 Å². The van der Waals surface area contributed by atoms with E-state index in [9.17, 15) is 8.42 Å². The molecule has 7 heteroatoms. The summed E-state index contributed by atoms with van der Waals surface area (Å²) in [6.07, 6.45) is 5.92. The van der Waals surface area contributed by atoms with E-state index < -0.39 is 10.0 Å². The Morgan fingerprint density at radius 3 is 2.75 bits per heavy atom. The van der Waals surface area contributed by atoms with Crippen molar-refractivity contribution in [3.63, 3.8) is 0 Å². The summed E-state index contributed by atoms with van der Waals surface area (Å²) < 4.78 is 33.7. The number of piperidine rings is 1. The van der Waals surface area contributed by atoms with Crippen molar-refractivity contribution in [2.24, 2.45) is 5.41 Å². The predicted molar refractivity (Wildman–Crippen MR) is 76.8 cm³/mol. The average Bonchev–Trinajstić information content (AvgIpc) is 2.88. The van der Waals surface area contributed by atoms with Gasteiger partial charge in [-0.05, 0) is 6.42 Å². The van der Waals surface area contributed by atoms with Crippen LogP contribution in [0, 0.1) is 5.41 Å². The monoisotopic (exact) mass is 301 g/mol. The van der Waals surface area contributed by atoms with E-state index in [0.717, 1.165) is 6.42 Å². The van der Waals surface area contributed by atoms with Gasteiger partial charge in [-0.15, -0.1) is 0 Å². The lowest BCUT2D eigenvalue weighted by Crippen LogP contribution is -2.51. The molecule has 1 unspecified atom stereocenters. The summed E-state index contributed by atoms with van der Waals surface area (Å²) in [5, 5.41) is 0. The topological polar surface area (TPSA) is 64.4 Å². The molecule has 0 aliphatic carbocycles. The van der Waals surface area contributed by atoms with Crippen LogP contribution in [0.5, 0.6) is 0 Å². The molecule has 1 fully saturated rings. The van der Waals surface area contributed by atoms with Gasteiger partial charge in [0.15, 0.2) is 0 Å². The van der Waals surface area contributed by atoms with Gasteiger partial charge in [-0.2, -0.15) is 0 Å². The number of imidazole rings is 1. The first kappa shape index (κ1) is 15.5. The number of hydrogen-bond acceptors (Lipinski definition) is 4. The lowest BCUT2D eigenvalue weighted by atomic mass is 9.82. The molecule has 114 valence electrons. The van der Waals surface area contributed by atoms with E-state index in [1.165, 1.54) is 0 Å². The molecule has 1 aromatic rings. The molecule has 6 nitrogen and oxygen atoms in total. The highest BCUT2D eigenvalue weighted by molar-refractivity contribution is 7.89. The van der Waals surface area contributed by atoms with Gasteiger partial charge in [0, 0.05) is 44.6 Å². The third-order valence-electron chi connectivity index (χ3n) is 3.94. The molecular formula is C13H23N3O3S. The van der Waals surface area contributed by atoms with Crippen molar-refractivity contribution in [3.8, 4) is 0 Å². The Hall–Kier alpha value is -0.920. The molecule has 1 aliphatic heterocycles. The number of aromatic nitrogens is 2. The zero-order valence-corrected chi connectivity index (χ0v) is 13.1. The minimum absolute atomic E-state index is 0.108. The fourth-order valence-corrected chi connectivity index (χ4v) is 4.34. The Morgan fingerprint density at radius 2 is 2.20 bits per heavy atom. The second kappa shape index (κ2) is 5.83. The van der Waals surface area contributed by atoms with E-state index in [0.29, 0.717) is 19.6 Å². The van der Waals surface area contributed by atoms with Crippen molar-refractivity contribution in [2.75, 3.05) is 26.0 Å². The summed E-state index contributed by atoms with van der Waals surface area (Å²) in [7, 11) is -1.54. The maximum Gasteiger partial charge on any atom is 0.215 e. The molecule has 1 saturated heterocycles. The highest BCUT2D eigenvalue weighted by atomic mass is 32.2. The van der Waals surface area contributed by atoms with Crippen molar-refractivity contribution in [1.82, 2.24) is 13.9 Å². The molecule has 0 N–H and O–H groups in total. The molecule has 0 spiro atoms. The van der Waals surface area contributed by atoms with E-state index in [-0.39, 0.29) is 17.3 Å². The molecule has 0 bridgehead atoms. The minimum Gasteiger partial charge on any atom is -0.381 e. The van der Waals surface area contributed by atoms with E-state index >= 15 is 0 Å². The molecule has 0 amide bonds. The number of sulfonamides is 1. The number of ether oxygens (including phenoxy) is 1. The van der Waals surface area contributed by atoms with Crippen LogP contribution in [0.3, 0.4) is 0 Å². The molecule has 0 saturated carbocycles. The Morgan fingerprint density at radius 1 is 1.45 bits per heavy atom. The number of nitrogens with zero attached hydrogens (tertiary/aromatic N) is 3. The van der Waals surface area contributed by atoms with Gasteiger partial charge < -0.3 is 9.30 Å². The number of aryl methyl sites for hydroxylation is 1. The van der Waals surface area contributed by atoms with Gasteiger partial charge in [0.25, 0.3) is 0 Å². The number of methoxy groups -OCH3 is 1. The molecule has 1 atom stereocenters. The molecule has 2 rings (SSSR count). The lowest BCUT2D eigenvalue weighted by Gasteiger charge is -2.42. The third kappa shape index (κ3) is 3.39. The predicted octanol–water partition coefficient (Wildman–Crippen LogP) is 0.960. The van der Waals surface area contributed by atoms with Crippen LogP contribution in [-0.4, -0.2) is 54.3 Å². The minimum atomic E-state index is -3.23.